The van der Waals surface area contributed by atoms with E-state index in [-0.39, 0.29) is 18.9 Å². The highest BCUT2D eigenvalue weighted by molar-refractivity contribution is 6.30. The van der Waals surface area contributed by atoms with Gasteiger partial charge in [-0.25, -0.2) is 9.18 Å². The van der Waals surface area contributed by atoms with Gasteiger partial charge in [-0.3, -0.25) is 14.5 Å². The minimum atomic E-state index is -1.21. The molecule has 0 aliphatic carbocycles. The Bertz CT molecular complexity index is 886. The van der Waals surface area contributed by atoms with Crippen molar-refractivity contribution in [3.63, 3.8) is 0 Å². The monoisotopic (exact) mass is 389 g/mol. The quantitative estimate of drug-likeness (QED) is 0.770. The molecule has 1 atom stereocenters. The van der Waals surface area contributed by atoms with Crippen molar-refractivity contribution in [2.24, 2.45) is 0 Å². The summed E-state index contributed by atoms with van der Waals surface area (Å²) in [6.07, 6.45) is -0.0762. The predicted octanol–water partition coefficient (Wildman–Crippen LogP) is 3.27. The second kappa shape index (κ2) is 7.36. The van der Waals surface area contributed by atoms with E-state index in [4.69, 9.17) is 11.6 Å². The number of hydrogen-bond donors (Lipinski definition) is 2. The van der Waals surface area contributed by atoms with Crippen LogP contribution in [0.1, 0.15) is 18.9 Å². The molecule has 0 bridgehead atoms. The zero-order chi connectivity index (χ0) is 19.6. The number of nitrogens with one attached hydrogen (secondary N) is 2. The summed E-state index contributed by atoms with van der Waals surface area (Å²) in [7, 11) is 0. The molecule has 1 aliphatic rings. The molecule has 140 valence electrons. The number of imide groups is 1. The van der Waals surface area contributed by atoms with Gasteiger partial charge in [-0.1, -0.05) is 23.7 Å². The molecular weight excluding hydrogens is 373 g/mol. The standard InChI is InChI=1S/C19H17ClFN3O3/c1-19(12-2-4-13(20)5-3-12)17(26)24(18(27)23-19)11-10-16(25)22-15-8-6-14(21)7-9-15/h2-9H,10-11H2,1H3,(H,22,25)(H,23,27). The zero-order valence-electron chi connectivity index (χ0n) is 14.5. The van der Waals surface area contributed by atoms with E-state index in [1.165, 1.54) is 24.3 Å². The number of benzene rings is 2. The Morgan fingerprint density at radius 2 is 1.78 bits per heavy atom. The minimum Gasteiger partial charge on any atom is -0.326 e. The third-order valence-electron chi connectivity index (χ3n) is 4.39. The molecule has 0 radical (unpaired) electrons. The SMILES string of the molecule is CC1(c2ccc(Cl)cc2)NC(=O)N(CCC(=O)Nc2ccc(F)cc2)C1=O. The van der Waals surface area contributed by atoms with Gasteiger partial charge in [0.25, 0.3) is 5.91 Å². The second-order valence-electron chi connectivity index (χ2n) is 6.32. The lowest BCUT2D eigenvalue weighted by Crippen LogP contribution is -2.41. The zero-order valence-corrected chi connectivity index (χ0v) is 15.2. The number of carbonyl (C=O) groups excluding carboxylic acids is 3. The molecule has 2 N–H and O–H groups in total. The van der Waals surface area contributed by atoms with Crippen LogP contribution in [0.5, 0.6) is 0 Å². The van der Waals surface area contributed by atoms with E-state index in [2.05, 4.69) is 10.6 Å². The van der Waals surface area contributed by atoms with Gasteiger partial charge in [0.15, 0.2) is 0 Å². The molecule has 2 aromatic carbocycles. The molecule has 4 amide bonds. The number of hydrogen-bond acceptors (Lipinski definition) is 3. The van der Waals surface area contributed by atoms with Crippen LogP contribution in [0.4, 0.5) is 14.9 Å². The average molecular weight is 390 g/mol. The molecule has 0 saturated carbocycles. The summed E-state index contributed by atoms with van der Waals surface area (Å²) in [4.78, 5) is 38.1. The fourth-order valence-corrected chi connectivity index (χ4v) is 2.97. The van der Waals surface area contributed by atoms with Crippen molar-refractivity contribution in [2.75, 3.05) is 11.9 Å². The first kappa shape index (κ1) is 18.8. The van der Waals surface area contributed by atoms with E-state index in [1.54, 1.807) is 31.2 Å². The first-order valence-corrected chi connectivity index (χ1v) is 8.63. The highest BCUT2D eigenvalue weighted by Crippen LogP contribution is 2.29. The van der Waals surface area contributed by atoms with Crippen molar-refractivity contribution in [2.45, 2.75) is 18.9 Å². The van der Waals surface area contributed by atoms with E-state index < -0.39 is 23.3 Å². The van der Waals surface area contributed by atoms with Gasteiger partial charge < -0.3 is 10.6 Å². The first-order valence-electron chi connectivity index (χ1n) is 8.25. The van der Waals surface area contributed by atoms with Crippen LogP contribution in [0.3, 0.4) is 0 Å². The normalized spacial score (nSPS) is 19.1. The van der Waals surface area contributed by atoms with Gasteiger partial charge in [0.2, 0.25) is 5.91 Å². The molecule has 3 rings (SSSR count). The summed E-state index contributed by atoms with van der Waals surface area (Å²) in [6, 6.07) is 11.4. The Labute approximate surface area is 160 Å². The highest BCUT2D eigenvalue weighted by atomic mass is 35.5. The lowest BCUT2D eigenvalue weighted by molar-refractivity contribution is -0.131. The van der Waals surface area contributed by atoms with Crippen LogP contribution in [-0.2, 0) is 15.1 Å². The van der Waals surface area contributed by atoms with Gasteiger partial charge in [-0.2, -0.15) is 0 Å². The number of amides is 4. The van der Waals surface area contributed by atoms with Crippen molar-refractivity contribution in [3.8, 4) is 0 Å². The lowest BCUT2D eigenvalue weighted by Gasteiger charge is -2.22. The van der Waals surface area contributed by atoms with Gasteiger partial charge in [-0.15, -0.1) is 0 Å². The number of rotatable bonds is 5. The van der Waals surface area contributed by atoms with Crippen molar-refractivity contribution < 1.29 is 18.8 Å². The highest BCUT2D eigenvalue weighted by Gasteiger charge is 2.48. The molecular formula is C19H17ClFN3O3. The number of halogens is 2. The van der Waals surface area contributed by atoms with Crippen LogP contribution in [-0.4, -0.2) is 29.3 Å². The number of carbonyl (C=O) groups is 3. The number of urea groups is 1. The van der Waals surface area contributed by atoms with Crippen LogP contribution < -0.4 is 10.6 Å². The van der Waals surface area contributed by atoms with E-state index >= 15 is 0 Å². The van der Waals surface area contributed by atoms with Crippen molar-refractivity contribution in [1.82, 2.24) is 10.2 Å². The number of anilines is 1. The Morgan fingerprint density at radius 3 is 2.41 bits per heavy atom. The van der Waals surface area contributed by atoms with Gasteiger partial charge in [0.1, 0.15) is 11.4 Å². The van der Waals surface area contributed by atoms with Crippen LogP contribution in [0.2, 0.25) is 5.02 Å². The summed E-state index contributed by atoms with van der Waals surface area (Å²) in [6.45, 7) is 1.54. The molecule has 1 fully saturated rings. The molecule has 0 aromatic heterocycles. The Kier molecular flexibility index (Phi) is 5.14. The minimum absolute atomic E-state index is 0.0686. The summed E-state index contributed by atoms with van der Waals surface area (Å²) in [5, 5.41) is 5.78. The summed E-state index contributed by atoms with van der Waals surface area (Å²) >= 11 is 5.87. The molecule has 1 aliphatic heterocycles. The smallest absolute Gasteiger partial charge is 0.325 e. The maximum atomic E-state index is 12.9. The molecule has 2 aromatic rings. The fraction of sp³-hybridized carbons (Fsp3) is 0.211. The fourth-order valence-electron chi connectivity index (χ4n) is 2.85. The van der Waals surface area contributed by atoms with Gasteiger partial charge in [0.05, 0.1) is 0 Å². The molecule has 0 spiro atoms. The average Bonchev–Trinajstić information content (AvgIpc) is 2.85. The Hall–Kier alpha value is -2.93. The summed E-state index contributed by atoms with van der Waals surface area (Å²) in [5.74, 6) is -1.24. The molecule has 1 heterocycles. The van der Waals surface area contributed by atoms with E-state index in [0.717, 1.165) is 4.90 Å². The second-order valence-corrected chi connectivity index (χ2v) is 6.76. The van der Waals surface area contributed by atoms with E-state index in [9.17, 15) is 18.8 Å². The van der Waals surface area contributed by atoms with Crippen molar-refractivity contribution in [1.29, 1.82) is 0 Å². The van der Waals surface area contributed by atoms with Crippen molar-refractivity contribution in [3.05, 3.63) is 64.9 Å². The Balaban J connectivity index is 1.64. The van der Waals surface area contributed by atoms with Gasteiger partial charge >= 0.3 is 6.03 Å². The Morgan fingerprint density at radius 1 is 1.15 bits per heavy atom. The summed E-state index contributed by atoms with van der Waals surface area (Å²) in [5.41, 5.74) is -0.178. The van der Waals surface area contributed by atoms with E-state index in [1.807, 2.05) is 0 Å². The van der Waals surface area contributed by atoms with Crippen LogP contribution in [0, 0.1) is 5.82 Å². The maximum absolute atomic E-state index is 12.9. The topological polar surface area (TPSA) is 78.5 Å². The van der Waals surface area contributed by atoms with Crippen LogP contribution in [0.25, 0.3) is 0 Å². The largest absolute Gasteiger partial charge is 0.326 e. The lowest BCUT2D eigenvalue weighted by atomic mass is 9.92. The van der Waals surface area contributed by atoms with Crippen molar-refractivity contribution >= 4 is 35.1 Å². The third kappa shape index (κ3) is 3.93. The van der Waals surface area contributed by atoms with Crippen LogP contribution in [0.15, 0.2) is 48.5 Å². The molecule has 8 heteroatoms. The molecule has 27 heavy (non-hydrogen) atoms. The maximum Gasteiger partial charge on any atom is 0.325 e. The van der Waals surface area contributed by atoms with Gasteiger partial charge in [-0.05, 0) is 48.9 Å². The molecule has 1 saturated heterocycles. The number of nitrogens with zero attached hydrogens (tertiary/aromatic N) is 1. The molecule has 1 unspecified atom stereocenters. The molecule has 6 nitrogen and oxygen atoms in total. The summed E-state index contributed by atoms with van der Waals surface area (Å²) < 4.78 is 12.9. The van der Waals surface area contributed by atoms with E-state index in [0.29, 0.717) is 16.3 Å². The van der Waals surface area contributed by atoms with Gasteiger partial charge in [0, 0.05) is 23.7 Å². The third-order valence-corrected chi connectivity index (χ3v) is 4.64. The predicted molar refractivity (Wildman–Crippen MR) is 98.7 cm³/mol. The first-order chi connectivity index (χ1) is 12.8. The van der Waals surface area contributed by atoms with Crippen LogP contribution >= 0.6 is 11.6 Å².